The van der Waals surface area contributed by atoms with E-state index in [1.165, 1.54) is 0 Å². The van der Waals surface area contributed by atoms with Crippen LogP contribution in [0.25, 0.3) is 5.70 Å². The van der Waals surface area contributed by atoms with Gasteiger partial charge in [-0.15, -0.1) is 0 Å². The lowest BCUT2D eigenvalue weighted by Gasteiger charge is -2.04. The Morgan fingerprint density at radius 1 is 1.31 bits per heavy atom. The van der Waals surface area contributed by atoms with Crippen molar-refractivity contribution >= 4 is 11.7 Å². The number of nitrogens with one attached hydrogen (secondary N) is 1. The van der Waals surface area contributed by atoms with E-state index in [9.17, 15) is 4.79 Å². The van der Waals surface area contributed by atoms with E-state index in [0.29, 0.717) is 0 Å². The topological polar surface area (TPSA) is 49.3 Å². The molecular formula is C10H11NO2. The maximum absolute atomic E-state index is 10.5. The van der Waals surface area contributed by atoms with Crippen LogP contribution in [0.1, 0.15) is 15.9 Å². The smallest absolute Gasteiger partial charge is 0.335 e. The number of rotatable bonds is 3. The highest BCUT2D eigenvalue weighted by Crippen LogP contribution is 2.10. The Bertz CT molecular complexity index is 327. The molecule has 0 amide bonds. The molecule has 0 saturated carbocycles. The van der Waals surface area contributed by atoms with Crippen LogP contribution in [0.4, 0.5) is 0 Å². The van der Waals surface area contributed by atoms with E-state index in [1.54, 1.807) is 31.3 Å². The first kappa shape index (κ1) is 9.32. The Morgan fingerprint density at radius 2 is 1.77 bits per heavy atom. The van der Waals surface area contributed by atoms with Crippen molar-refractivity contribution in [1.82, 2.24) is 5.32 Å². The van der Waals surface area contributed by atoms with Crippen LogP contribution in [-0.2, 0) is 0 Å². The predicted molar refractivity (Wildman–Crippen MR) is 51.5 cm³/mol. The Morgan fingerprint density at radius 3 is 2.15 bits per heavy atom. The van der Waals surface area contributed by atoms with Gasteiger partial charge in [0, 0.05) is 12.7 Å². The maximum atomic E-state index is 10.5. The van der Waals surface area contributed by atoms with Gasteiger partial charge < -0.3 is 10.4 Å². The predicted octanol–water partition coefficient (Wildman–Crippen LogP) is 1.57. The second-order valence-corrected chi connectivity index (χ2v) is 2.61. The van der Waals surface area contributed by atoms with Crippen molar-refractivity contribution in [2.75, 3.05) is 7.05 Å². The molecule has 68 valence electrons. The quantitative estimate of drug-likeness (QED) is 0.736. The van der Waals surface area contributed by atoms with Gasteiger partial charge in [-0.25, -0.2) is 4.79 Å². The fourth-order valence-corrected chi connectivity index (χ4v) is 0.958. The van der Waals surface area contributed by atoms with Gasteiger partial charge in [-0.05, 0) is 17.7 Å². The van der Waals surface area contributed by atoms with E-state index in [1.807, 2.05) is 0 Å². The van der Waals surface area contributed by atoms with Crippen molar-refractivity contribution in [3.63, 3.8) is 0 Å². The molecule has 0 atom stereocenters. The molecule has 3 nitrogen and oxygen atoms in total. The third kappa shape index (κ3) is 2.08. The number of carboxylic acid groups (broad SMARTS) is 1. The van der Waals surface area contributed by atoms with Gasteiger partial charge in [-0.1, -0.05) is 18.7 Å². The van der Waals surface area contributed by atoms with E-state index in [2.05, 4.69) is 11.9 Å². The number of aromatic carboxylic acids is 1. The summed E-state index contributed by atoms with van der Waals surface area (Å²) in [5.41, 5.74) is 1.96. The monoisotopic (exact) mass is 177 g/mol. The van der Waals surface area contributed by atoms with Crippen LogP contribution in [0.15, 0.2) is 30.8 Å². The van der Waals surface area contributed by atoms with E-state index in [4.69, 9.17) is 5.11 Å². The van der Waals surface area contributed by atoms with Gasteiger partial charge >= 0.3 is 5.97 Å². The molecule has 0 fully saturated rings. The van der Waals surface area contributed by atoms with Crippen molar-refractivity contribution in [3.05, 3.63) is 42.0 Å². The van der Waals surface area contributed by atoms with Crippen LogP contribution in [0.3, 0.4) is 0 Å². The normalized spacial score (nSPS) is 9.31. The SMILES string of the molecule is C=C(NC)c1ccc(C(=O)O)cc1. The Labute approximate surface area is 76.7 Å². The highest BCUT2D eigenvalue weighted by Gasteiger charge is 2.02. The van der Waals surface area contributed by atoms with Crippen molar-refractivity contribution in [3.8, 4) is 0 Å². The Balaban J connectivity index is 2.93. The summed E-state index contributed by atoms with van der Waals surface area (Å²) in [6.45, 7) is 3.76. The minimum absolute atomic E-state index is 0.285. The molecule has 0 radical (unpaired) electrons. The summed E-state index contributed by atoms with van der Waals surface area (Å²) in [6, 6.07) is 6.56. The summed E-state index contributed by atoms with van der Waals surface area (Å²) in [6.07, 6.45) is 0. The van der Waals surface area contributed by atoms with Gasteiger partial charge in [0.2, 0.25) is 0 Å². The average molecular weight is 177 g/mol. The van der Waals surface area contributed by atoms with Crippen LogP contribution in [0.2, 0.25) is 0 Å². The first-order valence-corrected chi connectivity index (χ1v) is 3.85. The minimum atomic E-state index is -0.915. The third-order valence-corrected chi connectivity index (χ3v) is 1.78. The second kappa shape index (κ2) is 3.76. The van der Waals surface area contributed by atoms with Crippen molar-refractivity contribution in [2.45, 2.75) is 0 Å². The van der Waals surface area contributed by atoms with Gasteiger partial charge in [0.15, 0.2) is 0 Å². The molecular weight excluding hydrogens is 166 g/mol. The summed E-state index contributed by atoms with van der Waals surface area (Å²) in [4.78, 5) is 10.5. The van der Waals surface area contributed by atoms with Crippen LogP contribution in [0.5, 0.6) is 0 Å². The summed E-state index contributed by atoms with van der Waals surface area (Å²) in [5.74, 6) is -0.915. The van der Waals surface area contributed by atoms with E-state index in [-0.39, 0.29) is 5.56 Å². The first-order chi connectivity index (χ1) is 6.15. The molecule has 0 unspecified atom stereocenters. The molecule has 0 aliphatic heterocycles. The number of carboxylic acids is 1. The van der Waals surface area contributed by atoms with Gasteiger partial charge in [-0.2, -0.15) is 0 Å². The summed E-state index contributed by atoms with van der Waals surface area (Å²) >= 11 is 0. The molecule has 3 heteroatoms. The van der Waals surface area contributed by atoms with Crippen molar-refractivity contribution in [2.24, 2.45) is 0 Å². The lowest BCUT2D eigenvalue weighted by molar-refractivity contribution is 0.0697. The molecule has 2 N–H and O–H groups in total. The van der Waals surface area contributed by atoms with Gasteiger partial charge in [0.1, 0.15) is 0 Å². The third-order valence-electron chi connectivity index (χ3n) is 1.78. The number of carbonyl (C=O) groups is 1. The molecule has 0 saturated heterocycles. The lowest BCUT2D eigenvalue weighted by Crippen LogP contribution is -2.03. The average Bonchev–Trinajstić information content (AvgIpc) is 2.17. The summed E-state index contributed by atoms with van der Waals surface area (Å²) < 4.78 is 0. The minimum Gasteiger partial charge on any atom is -0.478 e. The molecule has 0 heterocycles. The van der Waals surface area contributed by atoms with Crippen LogP contribution >= 0.6 is 0 Å². The van der Waals surface area contributed by atoms with Crippen LogP contribution in [-0.4, -0.2) is 18.1 Å². The fourth-order valence-electron chi connectivity index (χ4n) is 0.958. The van der Waals surface area contributed by atoms with Crippen LogP contribution in [0, 0.1) is 0 Å². The van der Waals surface area contributed by atoms with Gasteiger partial charge in [0.05, 0.1) is 5.56 Å². The van der Waals surface area contributed by atoms with Gasteiger partial charge in [-0.3, -0.25) is 0 Å². The number of hydrogen-bond acceptors (Lipinski definition) is 2. The lowest BCUT2D eigenvalue weighted by atomic mass is 10.1. The summed E-state index contributed by atoms with van der Waals surface area (Å²) in [7, 11) is 1.77. The molecule has 1 aromatic carbocycles. The highest BCUT2D eigenvalue weighted by atomic mass is 16.4. The van der Waals surface area contributed by atoms with E-state index >= 15 is 0 Å². The second-order valence-electron chi connectivity index (χ2n) is 2.61. The highest BCUT2D eigenvalue weighted by molar-refractivity contribution is 5.88. The number of benzene rings is 1. The van der Waals surface area contributed by atoms with Crippen molar-refractivity contribution < 1.29 is 9.90 Å². The largest absolute Gasteiger partial charge is 0.478 e. The van der Waals surface area contributed by atoms with E-state index in [0.717, 1.165) is 11.3 Å². The zero-order chi connectivity index (χ0) is 9.84. The molecule has 13 heavy (non-hydrogen) atoms. The fraction of sp³-hybridized carbons (Fsp3) is 0.100. The molecule has 1 aromatic rings. The molecule has 0 spiro atoms. The Hall–Kier alpha value is -1.77. The standard InChI is InChI=1S/C10H11NO2/c1-7(11-2)8-3-5-9(6-4-8)10(12)13/h3-6,11H,1H2,2H3,(H,12,13). The van der Waals surface area contributed by atoms with Gasteiger partial charge in [0.25, 0.3) is 0 Å². The van der Waals surface area contributed by atoms with Crippen LogP contribution < -0.4 is 5.32 Å². The molecule has 0 bridgehead atoms. The summed E-state index contributed by atoms with van der Waals surface area (Å²) in [5, 5.41) is 11.5. The maximum Gasteiger partial charge on any atom is 0.335 e. The molecule has 0 aliphatic rings. The van der Waals surface area contributed by atoms with E-state index < -0.39 is 5.97 Å². The Kier molecular flexibility index (Phi) is 2.69. The van der Waals surface area contributed by atoms with Crippen molar-refractivity contribution in [1.29, 1.82) is 0 Å². The first-order valence-electron chi connectivity index (χ1n) is 3.85. The molecule has 0 aromatic heterocycles. The molecule has 0 aliphatic carbocycles. The zero-order valence-corrected chi connectivity index (χ0v) is 7.37. The molecule has 1 rings (SSSR count). The number of hydrogen-bond donors (Lipinski definition) is 2. The zero-order valence-electron chi connectivity index (χ0n) is 7.37.